The molecule has 0 aliphatic heterocycles. The highest BCUT2D eigenvalue weighted by molar-refractivity contribution is 9.11. The molecule has 4 rings (SSSR count). The maximum atomic E-state index is 6.42. The van der Waals surface area contributed by atoms with Crippen LogP contribution >= 0.6 is 63.7 Å². The van der Waals surface area contributed by atoms with Crippen molar-refractivity contribution in [2.45, 2.75) is 148 Å². The van der Waals surface area contributed by atoms with Gasteiger partial charge in [-0.05, 0) is 112 Å². The van der Waals surface area contributed by atoms with E-state index in [1.54, 1.807) is 31.1 Å². The molecule has 0 unspecified atom stereocenters. The van der Waals surface area contributed by atoms with Gasteiger partial charge in [0, 0.05) is 5.41 Å². The number of hydrogen-bond acceptors (Lipinski definition) is 2. The fourth-order valence-electron chi connectivity index (χ4n) is 8.08. The second kappa shape index (κ2) is 23.4. The van der Waals surface area contributed by atoms with E-state index in [0.717, 1.165) is 55.4 Å². The molecule has 4 aromatic rings. The summed E-state index contributed by atoms with van der Waals surface area (Å²) in [5.41, 5.74) is 2.15. The maximum Gasteiger partial charge on any atom is 0.147 e. The number of unbranched alkanes of at least 4 members (excludes halogenated alkanes) is 4. The third kappa shape index (κ3) is 14.8. The minimum Gasteiger partial charge on any atom is -0.491 e. The first-order valence-corrected chi connectivity index (χ1v) is 44.1. The minimum absolute atomic E-state index is 0.259. The van der Waals surface area contributed by atoms with Gasteiger partial charge in [0.25, 0.3) is 0 Å². The number of rotatable bonds is 22. The van der Waals surface area contributed by atoms with Gasteiger partial charge in [-0.2, -0.15) is 0 Å². The Bertz CT molecular complexity index is 1840. The van der Waals surface area contributed by atoms with E-state index >= 15 is 0 Å². The van der Waals surface area contributed by atoms with Crippen LogP contribution < -0.4 is 40.6 Å². The van der Waals surface area contributed by atoms with Crippen LogP contribution in [0.15, 0.2) is 78.6 Å². The Balaban J connectivity index is 1.29. The van der Waals surface area contributed by atoms with Crippen LogP contribution in [0.5, 0.6) is 11.5 Å². The van der Waals surface area contributed by atoms with E-state index in [1.165, 1.54) is 48.9 Å². The largest absolute Gasteiger partial charge is 0.491 e. The van der Waals surface area contributed by atoms with Crippen molar-refractivity contribution in [1.82, 2.24) is 0 Å². The van der Waals surface area contributed by atoms with Crippen molar-refractivity contribution in [2.24, 2.45) is 0 Å². The zero-order valence-electron chi connectivity index (χ0n) is 40.0. The lowest BCUT2D eigenvalue weighted by atomic mass is 9.78. The Kier molecular flexibility index (Phi) is 20.5. The third-order valence-electron chi connectivity index (χ3n) is 13.0. The summed E-state index contributed by atoms with van der Waals surface area (Å²) in [6, 6.07) is 27.0. The van der Waals surface area contributed by atoms with Gasteiger partial charge in [0.1, 0.15) is 11.5 Å². The molecule has 0 heterocycles. The fraction of sp³-hybridized carbons (Fsp3) is 0.510. The van der Waals surface area contributed by atoms with Crippen molar-refractivity contribution in [3.8, 4) is 11.5 Å². The lowest BCUT2D eigenvalue weighted by molar-refractivity contribution is 0.302. The van der Waals surface area contributed by atoms with Gasteiger partial charge in [0.15, 0.2) is 0 Å². The quantitative estimate of drug-likeness (QED) is 0.0577. The van der Waals surface area contributed by atoms with E-state index in [1.807, 2.05) is 0 Å². The Morgan fingerprint density at radius 2 is 0.705 bits per heavy atom. The molecule has 0 fully saturated rings. The standard InChI is InChI=1S/C49H76Br4O2Si6/c1-49(2,35-25-43(50)47(44(51)26-35)54-21-17-15-19-23-60(11,12)41-31-37(56(3)4)29-38(32-41)57(5)6)36-27-45(52)48(46(53)28-36)55-22-18-16-20-24-61(13,14)42-33-39(58(7)8)30-40(34-42)59(9)10/h25-34,56-59H,15-24H2,1-14H3. The number of ether oxygens (including phenoxy) is 2. The van der Waals surface area contributed by atoms with Gasteiger partial charge < -0.3 is 9.47 Å². The van der Waals surface area contributed by atoms with Crippen LogP contribution in [0.2, 0.25) is 90.7 Å². The molecule has 61 heavy (non-hydrogen) atoms. The predicted octanol–water partition coefficient (Wildman–Crippen LogP) is 12.2. The summed E-state index contributed by atoms with van der Waals surface area (Å²) in [6.45, 7) is 36.1. The van der Waals surface area contributed by atoms with Gasteiger partial charge in [0.05, 0.1) is 82.4 Å². The monoisotopic (exact) mass is 1180 g/mol. The second-order valence-electron chi connectivity index (χ2n) is 20.6. The SMILES string of the molecule is C[SiH](C)c1cc([SiH](C)C)cc([Si](C)(C)CCCCCOc2c(Br)cc(C(C)(C)c3cc(Br)c(OCCCCC[Si](C)(C)c4cc([SiH](C)C)cc([SiH](C)C)c4)c(Br)c3)cc2Br)c1. The molecule has 12 heteroatoms. The van der Waals surface area contributed by atoms with Crippen molar-refractivity contribution < 1.29 is 9.47 Å². The van der Waals surface area contributed by atoms with E-state index in [2.05, 4.69) is 217 Å². The van der Waals surface area contributed by atoms with Gasteiger partial charge >= 0.3 is 0 Å². The third-order valence-corrected chi connectivity index (χ3v) is 28.9. The van der Waals surface area contributed by atoms with Crippen molar-refractivity contribution in [3.05, 3.63) is 89.7 Å². The van der Waals surface area contributed by atoms with E-state index < -0.39 is 51.3 Å². The molecule has 0 N–H and O–H groups in total. The van der Waals surface area contributed by atoms with Crippen LogP contribution in [0.25, 0.3) is 0 Å². The van der Waals surface area contributed by atoms with Crippen LogP contribution in [0.4, 0.5) is 0 Å². The molecule has 4 aromatic carbocycles. The molecule has 0 aliphatic carbocycles. The predicted molar refractivity (Wildman–Crippen MR) is 305 cm³/mol. The topological polar surface area (TPSA) is 18.5 Å². The first kappa shape index (κ1) is 53.3. The number of hydrogen-bond donors (Lipinski definition) is 0. The second-order valence-corrected chi connectivity index (χ2v) is 45.7. The Morgan fingerprint density at radius 3 is 0.967 bits per heavy atom. The highest BCUT2D eigenvalue weighted by Gasteiger charge is 2.29. The first-order chi connectivity index (χ1) is 28.4. The van der Waals surface area contributed by atoms with Gasteiger partial charge in [-0.1, -0.05) is 198 Å². The Hall–Kier alpha value is -0.299. The van der Waals surface area contributed by atoms with Crippen LogP contribution in [0.3, 0.4) is 0 Å². The molecular weight excluding hydrogens is 1110 g/mol. The summed E-state index contributed by atoms with van der Waals surface area (Å²) >= 11 is 15.5. The van der Waals surface area contributed by atoms with E-state index in [-0.39, 0.29) is 5.41 Å². The summed E-state index contributed by atoms with van der Waals surface area (Å²) in [7, 11) is -6.28. The average molecular weight is 1190 g/mol. The van der Waals surface area contributed by atoms with Crippen LogP contribution in [-0.4, -0.2) is 64.5 Å². The lowest BCUT2D eigenvalue weighted by Crippen LogP contribution is -2.47. The van der Waals surface area contributed by atoms with Gasteiger partial charge in [0.2, 0.25) is 0 Å². The molecule has 0 aliphatic rings. The minimum atomic E-state index is -1.49. The van der Waals surface area contributed by atoms with E-state index in [0.29, 0.717) is 0 Å². The molecule has 0 aromatic heterocycles. The molecule has 2 nitrogen and oxygen atoms in total. The zero-order chi connectivity index (χ0) is 45.4. The highest BCUT2D eigenvalue weighted by Crippen LogP contribution is 2.44. The zero-order valence-corrected chi connectivity index (χ0v) is 52.9. The first-order valence-electron chi connectivity index (χ1n) is 23.0. The summed E-state index contributed by atoms with van der Waals surface area (Å²) in [5.74, 6) is 1.77. The number of benzene rings is 4. The molecule has 0 saturated heterocycles. The Morgan fingerprint density at radius 1 is 0.426 bits per heavy atom. The summed E-state index contributed by atoms with van der Waals surface area (Å²) in [4.78, 5) is 0. The molecule has 0 radical (unpaired) electrons. The van der Waals surface area contributed by atoms with Crippen molar-refractivity contribution >= 4 is 146 Å². The van der Waals surface area contributed by atoms with Crippen LogP contribution in [-0.2, 0) is 5.41 Å². The molecule has 0 spiro atoms. The van der Waals surface area contributed by atoms with Gasteiger partial charge in [-0.3, -0.25) is 0 Å². The molecule has 0 saturated carbocycles. The average Bonchev–Trinajstić information content (AvgIpc) is 3.18. The molecule has 0 atom stereocenters. The number of halogens is 4. The summed E-state index contributed by atoms with van der Waals surface area (Å²) in [6.07, 6.45) is 7.04. The van der Waals surface area contributed by atoms with Crippen molar-refractivity contribution in [1.29, 1.82) is 0 Å². The fourth-order valence-corrected chi connectivity index (χ4v) is 21.2. The lowest BCUT2D eigenvalue weighted by Gasteiger charge is -2.28. The molecule has 336 valence electrons. The molecule has 0 bridgehead atoms. The highest BCUT2D eigenvalue weighted by atomic mass is 79.9. The van der Waals surface area contributed by atoms with E-state index in [4.69, 9.17) is 9.47 Å². The van der Waals surface area contributed by atoms with Crippen molar-refractivity contribution in [3.63, 3.8) is 0 Å². The van der Waals surface area contributed by atoms with Crippen LogP contribution in [0.1, 0.15) is 63.5 Å². The maximum absolute atomic E-state index is 6.42. The van der Waals surface area contributed by atoms with Crippen LogP contribution in [0, 0.1) is 0 Å². The van der Waals surface area contributed by atoms with Gasteiger partial charge in [-0.25, -0.2) is 0 Å². The summed E-state index contributed by atoms with van der Waals surface area (Å²) < 4.78 is 16.8. The van der Waals surface area contributed by atoms with E-state index in [9.17, 15) is 0 Å². The van der Waals surface area contributed by atoms with Crippen molar-refractivity contribution in [2.75, 3.05) is 13.2 Å². The Labute approximate surface area is 414 Å². The smallest absolute Gasteiger partial charge is 0.147 e. The normalized spacial score (nSPS) is 12.7. The summed E-state index contributed by atoms with van der Waals surface area (Å²) in [5, 5.41) is 10.0. The van der Waals surface area contributed by atoms with Gasteiger partial charge in [-0.15, -0.1) is 0 Å². The molecule has 0 amide bonds. The molecular formula is C49H76Br4O2Si6.